The molecule has 4 nitrogen and oxygen atoms in total. The van der Waals surface area contributed by atoms with Crippen molar-refractivity contribution in [3.8, 4) is 0 Å². The van der Waals surface area contributed by atoms with Crippen molar-refractivity contribution in [3.05, 3.63) is 0 Å². The molecular weight excluding hydrogens is 250 g/mol. The fourth-order valence-corrected chi connectivity index (χ4v) is 3.30. The van der Waals surface area contributed by atoms with E-state index in [1.165, 1.54) is 32.4 Å². The summed E-state index contributed by atoms with van der Waals surface area (Å²) >= 11 is 0. The maximum absolute atomic E-state index is 5.98. The smallest absolute Gasteiger partial charge is 0.0829 e. The second-order valence-corrected chi connectivity index (χ2v) is 6.58. The molecule has 2 saturated heterocycles. The molecule has 2 aliphatic heterocycles. The number of ether oxygens (including phenoxy) is 1. The van der Waals surface area contributed by atoms with E-state index in [0.717, 1.165) is 32.8 Å². The summed E-state index contributed by atoms with van der Waals surface area (Å²) in [6.07, 6.45) is 4.44. The summed E-state index contributed by atoms with van der Waals surface area (Å²) in [6.45, 7) is 14.5. The van der Waals surface area contributed by atoms with E-state index in [1.54, 1.807) is 0 Å². The lowest BCUT2D eigenvalue weighted by atomic mass is 10.0. The van der Waals surface area contributed by atoms with Crippen molar-refractivity contribution < 1.29 is 4.74 Å². The summed E-state index contributed by atoms with van der Waals surface area (Å²) in [5.41, 5.74) is 0. The zero-order valence-corrected chi connectivity index (χ0v) is 13.6. The fraction of sp³-hybridized carbons (Fsp3) is 1.00. The minimum atomic E-state index is 0.384. The Kier molecular flexibility index (Phi) is 6.75. The average molecular weight is 283 g/mol. The van der Waals surface area contributed by atoms with Crippen molar-refractivity contribution in [1.82, 2.24) is 15.1 Å². The molecule has 0 saturated carbocycles. The maximum atomic E-state index is 5.98. The Morgan fingerprint density at radius 3 is 2.80 bits per heavy atom. The Balaban J connectivity index is 1.81. The van der Waals surface area contributed by atoms with Crippen LogP contribution in [0.4, 0.5) is 0 Å². The van der Waals surface area contributed by atoms with Gasteiger partial charge in [-0.25, -0.2) is 0 Å². The van der Waals surface area contributed by atoms with Crippen molar-refractivity contribution in [2.45, 2.75) is 58.2 Å². The molecule has 4 heteroatoms. The first kappa shape index (κ1) is 16.2. The van der Waals surface area contributed by atoms with E-state index in [9.17, 15) is 0 Å². The first-order chi connectivity index (χ1) is 9.69. The van der Waals surface area contributed by atoms with E-state index in [0.29, 0.717) is 18.2 Å². The third kappa shape index (κ3) is 4.99. The number of hydrogen-bond donors (Lipinski definition) is 1. The van der Waals surface area contributed by atoms with Gasteiger partial charge in [0.05, 0.1) is 12.7 Å². The van der Waals surface area contributed by atoms with Crippen LogP contribution in [0.2, 0.25) is 0 Å². The van der Waals surface area contributed by atoms with E-state index in [-0.39, 0.29) is 0 Å². The molecule has 2 heterocycles. The van der Waals surface area contributed by atoms with Gasteiger partial charge in [-0.15, -0.1) is 0 Å². The van der Waals surface area contributed by atoms with Crippen LogP contribution in [0, 0.1) is 0 Å². The monoisotopic (exact) mass is 283 g/mol. The third-order valence-electron chi connectivity index (χ3n) is 4.71. The Labute approximate surface area is 124 Å². The highest BCUT2D eigenvalue weighted by atomic mass is 16.5. The summed E-state index contributed by atoms with van der Waals surface area (Å²) in [4.78, 5) is 5.11. The summed E-state index contributed by atoms with van der Waals surface area (Å²) < 4.78 is 5.98. The van der Waals surface area contributed by atoms with Crippen LogP contribution in [0.1, 0.15) is 40.0 Å². The molecule has 1 N–H and O–H groups in total. The Morgan fingerprint density at radius 1 is 1.30 bits per heavy atom. The molecule has 0 aromatic rings. The van der Waals surface area contributed by atoms with Crippen molar-refractivity contribution in [2.24, 2.45) is 0 Å². The number of hydrogen-bond acceptors (Lipinski definition) is 4. The molecule has 2 atom stereocenters. The van der Waals surface area contributed by atoms with E-state index in [1.807, 2.05) is 0 Å². The second kappa shape index (κ2) is 8.32. The van der Waals surface area contributed by atoms with Crippen LogP contribution in [0.25, 0.3) is 0 Å². The van der Waals surface area contributed by atoms with Gasteiger partial charge in [-0.05, 0) is 39.8 Å². The third-order valence-corrected chi connectivity index (χ3v) is 4.71. The first-order valence-electron chi connectivity index (χ1n) is 8.50. The number of rotatable bonds is 6. The van der Waals surface area contributed by atoms with Crippen LogP contribution in [-0.4, -0.2) is 73.9 Å². The SMILES string of the molecule is CCN1CCOC(CN(CC2CCCCN2)C(C)C)C1. The molecule has 0 amide bonds. The molecule has 0 radical (unpaired) electrons. The van der Waals surface area contributed by atoms with Gasteiger partial charge < -0.3 is 10.1 Å². The highest BCUT2D eigenvalue weighted by molar-refractivity contribution is 4.81. The maximum Gasteiger partial charge on any atom is 0.0829 e. The van der Waals surface area contributed by atoms with Crippen molar-refractivity contribution in [3.63, 3.8) is 0 Å². The van der Waals surface area contributed by atoms with Gasteiger partial charge in [0.2, 0.25) is 0 Å². The van der Waals surface area contributed by atoms with Gasteiger partial charge in [0.1, 0.15) is 0 Å². The van der Waals surface area contributed by atoms with E-state index in [2.05, 4.69) is 35.9 Å². The molecule has 2 aliphatic rings. The molecule has 0 aromatic carbocycles. The van der Waals surface area contributed by atoms with E-state index in [4.69, 9.17) is 4.74 Å². The lowest BCUT2D eigenvalue weighted by Crippen LogP contribution is -2.52. The highest BCUT2D eigenvalue weighted by Gasteiger charge is 2.25. The average Bonchev–Trinajstić information content (AvgIpc) is 2.48. The zero-order chi connectivity index (χ0) is 14.4. The summed E-state index contributed by atoms with van der Waals surface area (Å²) in [6, 6.07) is 1.27. The number of likely N-dealkylation sites (N-methyl/N-ethyl adjacent to an activating group) is 1. The predicted molar refractivity (Wildman–Crippen MR) is 84.2 cm³/mol. The molecule has 2 fully saturated rings. The van der Waals surface area contributed by atoms with Gasteiger partial charge in [-0.1, -0.05) is 13.3 Å². The number of nitrogens with zero attached hydrogens (tertiary/aromatic N) is 2. The van der Waals surface area contributed by atoms with E-state index >= 15 is 0 Å². The fourth-order valence-electron chi connectivity index (χ4n) is 3.30. The molecule has 0 aromatic heterocycles. The van der Waals surface area contributed by atoms with E-state index < -0.39 is 0 Å². The molecule has 118 valence electrons. The van der Waals surface area contributed by atoms with Gasteiger partial charge in [0.25, 0.3) is 0 Å². The second-order valence-electron chi connectivity index (χ2n) is 6.58. The lowest BCUT2D eigenvalue weighted by Gasteiger charge is -2.38. The molecule has 20 heavy (non-hydrogen) atoms. The quantitative estimate of drug-likeness (QED) is 0.801. The zero-order valence-electron chi connectivity index (χ0n) is 13.6. The Morgan fingerprint density at radius 2 is 2.15 bits per heavy atom. The lowest BCUT2D eigenvalue weighted by molar-refractivity contribution is -0.0468. The summed E-state index contributed by atoms with van der Waals surface area (Å²) in [5.74, 6) is 0. The normalized spacial score (nSPS) is 29.2. The van der Waals surface area contributed by atoms with Crippen LogP contribution in [0.3, 0.4) is 0 Å². The Hall–Kier alpha value is -0.160. The molecule has 0 spiro atoms. The number of morpholine rings is 1. The van der Waals surface area contributed by atoms with Crippen LogP contribution in [-0.2, 0) is 4.74 Å². The van der Waals surface area contributed by atoms with Crippen LogP contribution in [0.5, 0.6) is 0 Å². The van der Waals surface area contributed by atoms with Gasteiger partial charge in [-0.3, -0.25) is 9.80 Å². The van der Waals surface area contributed by atoms with Crippen molar-refractivity contribution >= 4 is 0 Å². The van der Waals surface area contributed by atoms with Gasteiger partial charge in [-0.2, -0.15) is 0 Å². The van der Waals surface area contributed by atoms with Crippen molar-refractivity contribution in [1.29, 1.82) is 0 Å². The molecule has 2 unspecified atom stereocenters. The Bertz CT molecular complexity index is 266. The minimum Gasteiger partial charge on any atom is -0.374 e. The molecular formula is C16H33N3O. The molecule has 0 aliphatic carbocycles. The molecule has 2 rings (SSSR count). The summed E-state index contributed by atoms with van der Waals surface area (Å²) in [5, 5.41) is 3.67. The topological polar surface area (TPSA) is 27.7 Å². The highest BCUT2D eigenvalue weighted by Crippen LogP contribution is 2.13. The minimum absolute atomic E-state index is 0.384. The molecule has 0 bridgehead atoms. The van der Waals surface area contributed by atoms with Crippen LogP contribution >= 0.6 is 0 Å². The number of nitrogens with one attached hydrogen (secondary N) is 1. The standard InChI is InChI=1S/C16H33N3O/c1-4-18-9-10-20-16(12-18)13-19(14(2)3)11-15-7-5-6-8-17-15/h14-17H,4-13H2,1-3H3. The van der Waals surface area contributed by atoms with Crippen LogP contribution in [0.15, 0.2) is 0 Å². The first-order valence-corrected chi connectivity index (χ1v) is 8.50. The largest absolute Gasteiger partial charge is 0.374 e. The summed E-state index contributed by atoms with van der Waals surface area (Å²) in [7, 11) is 0. The van der Waals surface area contributed by atoms with Crippen LogP contribution < -0.4 is 5.32 Å². The van der Waals surface area contributed by atoms with Gasteiger partial charge >= 0.3 is 0 Å². The number of piperidine rings is 1. The van der Waals surface area contributed by atoms with Gasteiger partial charge in [0.15, 0.2) is 0 Å². The van der Waals surface area contributed by atoms with Crippen molar-refractivity contribution in [2.75, 3.05) is 45.9 Å². The predicted octanol–water partition coefficient (Wildman–Crippen LogP) is 1.56. The van der Waals surface area contributed by atoms with Gasteiger partial charge in [0, 0.05) is 38.3 Å².